The lowest BCUT2D eigenvalue weighted by Gasteiger charge is -2.05. The number of hydrogen-bond acceptors (Lipinski definition) is 2. The van der Waals surface area contributed by atoms with E-state index in [2.05, 4.69) is 11.8 Å². The summed E-state index contributed by atoms with van der Waals surface area (Å²) in [4.78, 5) is 11.2. The second-order valence-electron chi connectivity index (χ2n) is 3.36. The summed E-state index contributed by atoms with van der Waals surface area (Å²) >= 11 is 1.83. The highest BCUT2D eigenvalue weighted by atomic mass is 32.2. The Labute approximate surface area is 84.7 Å². The second kappa shape index (κ2) is 6.10. The summed E-state index contributed by atoms with van der Waals surface area (Å²) in [5.41, 5.74) is 0. The molecule has 2 heteroatoms. The highest BCUT2D eigenvalue weighted by Crippen LogP contribution is 2.29. The molecule has 0 N–H and O–H groups in total. The number of carbonyl (C=O) groups excluding carboxylic acids is 1. The molecule has 0 aromatic carbocycles. The molecule has 1 aliphatic rings. The molecule has 0 saturated heterocycles. The van der Waals surface area contributed by atoms with E-state index in [0.29, 0.717) is 12.2 Å². The Morgan fingerprint density at radius 1 is 1.46 bits per heavy atom. The van der Waals surface area contributed by atoms with Crippen LogP contribution < -0.4 is 0 Å². The highest BCUT2D eigenvalue weighted by Gasteiger charge is 2.16. The van der Waals surface area contributed by atoms with Gasteiger partial charge >= 0.3 is 0 Å². The van der Waals surface area contributed by atoms with Crippen molar-refractivity contribution >= 4 is 17.5 Å². The van der Waals surface area contributed by atoms with Gasteiger partial charge in [-0.2, -0.15) is 11.8 Å². The van der Waals surface area contributed by atoms with Crippen molar-refractivity contribution in [2.24, 2.45) is 0 Å². The standard InChI is InChI=1S/C11H16OS/c1-2-3-6-10(12)9-13-11-7-4-5-8-11/h11H,4-9H2,1H3. The fourth-order valence-corrected chi connectivity index (χ4v) is 2.69. The minimum absolute atomic E-state index is 0.284. The van der Waals surface area contributed by atoms with Crippen molar-refractivity contribution in [3.05, 3.63) is 0 Å². The van der Waals surface area contributed by atoms with Crippen LogP contribution in [-0.4, -0.2) is 16.8 Å². The first kappa shape index (κ1) is 10.7. The van der Waals surface area contributed by atoms with Gasteiger partial charge in [-0.15, -0.1) is 5.92 Å². The molecule has 72 valence electrons. The van der Waals surface area contributed by atoms with E-state index < -0.39 is 0 Å². The molecular weight excluding hydrogens is 180 g/mol. The maximum Gasteiger partial charge on any atom is 0.154 e. The van der Waals surface area contributed by atoms with Gasteiger partial charge < -0.3 is 0 Å². The van der Waals surface area contributed by atoms with E-state index in [9.17, 15) is 4.79 Å². The fraction of sp³-hybridized carbons (Fsp3) is 0.727. The minimum Gasteiger partial charge on any atom is -0.298 e. The first-order valence-corrected chi connectivity index (χ1v) is 5.90. The minimum atomic E-state index is 0.284. The quantitative estimate of drug-likeness (QED) is 0.643. The van der Waals surface area contributed by atoms with Crippen LogP contribution in [0.1, 0.15) is 39.0 Å². The maximum absolute atomic E-state index is 11.2. The number of thioether (sulfide) groups is 1. The molecule has 0 aromatic heterocycles. The molecule has 0 unspecified atom stereocenters. The zero-order chi connectivity index (χ0) is 9.52. The van der Waals surface area contributed by atoms with E-state index in [1.165, 1.54) is 25.7 Å². The van der Waals surface area contributed by atoms with Gasteiger partial charge in [0.15, 0.2) is 5.78 Å². The van der Waals surface area contributed by atoms with Crippen molar-refractivity contribution in [3.8, 4) is 11.8 Å². The van der Waals surface area contributed by atoms with Crippen LogP contribution in [0, 0.1) is 11.8 Å². The predicted octanol–water partition coefficient (Wildman–Crippen LogP) is 2.64. The summed E-state index contributed by atoms with van der Waals surface area (Å²) < 4.78 is 0. The van der Waals surface area contributed by atoms with E-state index in [-0.39, 0.29) is 5.78 Å². The summed E-state index contributed by atoms with van der Waals surface area (Å²) in [6.07, 6.45) is 5.74. The zero-order valence-corrected chi connectivity index (χ0v) is 8.95. The SMILES string of the molecule is CC#CCC(=O)CSC1CCCC1. The Morgan fingerprint density at radius 3 is 2.77 bits per heavy atom. The van der Waals surface area contributed by atoms with Crippen molar-refractivity contribution in [1.29, 1.82) is 0 Å². The van der Waals surface area contributed by atoms with Crippen LogP contribution in [-0.2, 0) is 4.79 Å². The van der Waals surface area contributed by atoms with Crippen molar-refractivity contribution in [1.82, 2.24) is 0 Å². The first-order chi connectivity index (χ1) is 6.33. The van der Waals surface area contributed by atoms with Gasteiger partial charge in [0.05, 0.1) is 12.2 Å². The number of hydrogen-bond donors (Lipinski definition) is 0. The third-order valence-corrected chi connectivity index (χ3v) is 3.68. The van der Waals surface area contributed by atoms with Crippen LogP contribution in [0.15, 0.2) is 0 Å². The largest absolute Gasteiger partial charge is 0.298 e. The molecule has 0 aromatic rings. The van der Waals surface area contributed by atoms with E-state index in [0.717, 1.165) is 5.25 Å². The van der Waals surface area contributed by atoms with Crippen LogP contribution in [0.2, 0.25) is 0 Å². The average Bonchev–Trinajstić information content (AvgIpc) is 2.64. The molecule has 1 saturated carbocycles. The maximum atomic E-state index is 11.2. The molecule has 0 aliphatic heterocycles. The number of ketones is 1. The van der Waals surface area contributed by atoms with E-state index >= 15 is 0 Å². The molecule has 0 radical (unpaired) electrons. The van der Waals surface area contributed by atoms with Crippen molar-refractivity contribution in [2.75, 3.05) is 5.75 Å². The third-order valence-electron chi connectivity index (χ3n) is 2.24. The van der Waals surface area contributed by atoms with Crippen LogP contribution in [0.5, 0.6) is 0 Å². The second-order valence-corrected chi connectivity index (χ2v) is 4.65. The summed E-state index contributed by atoms with van der Waals surface area (Å²) in [7, 11) is 0. The van der Waals surface area contributed by atoms with Gasteiger partial charge in [-0.05, 0) is 19.8 Å². The Balaban J connectivity index is 2.09. The van der Waals surface area contributed by atoms with Gasteiger partial charge in [-0.3, -0.25) is 4.79 Å². The molecule has 0 spiro atoms. The van der Waals surface area contributed by atoms with Crippen LogP contribution in [0.25, 0.3) is 0 Å². The van der Waals surface area contributed by atoms with Crippen LogP contribution >= 0.6 is 11.8 Å². The lowest BCUT2D eigenvalue weighted by atomic mass is 10.3. The molecule has 0 amide bonds. The topological polar surface area (TPSA) is 17.1 Å². The molecule has 0 atom stereocenters. The smallest absolute Gasteiger partial charge is 0.154 e. The summed E-state index contributed by atoms with van der Waals surface area (Å²) in [6, 6.07) is 0. The lowest BCUT2D eigenvalue weighted by molar-refractivity contribution is -0.115. The molecule has 1 nitrogen and oxygen atoms in total. The van der Waals surface area contributed by atoms with Gasteiger partial charge in [-0.1, -0.05) is 18.8 Å². The molecule has 0 heterocycles. The summed E-state index contributed by atoms with van der Waals surface area (Å²) in [5.74, 6) is 6.51. The van der Waals surface area contributed by atoms with Crippen molar-refractivity contribution < 1.29 is 4.79 Å². The molecular formula is C11H16OS. The van der Waals surface area contributed by atoms with E-state index in [1.54, 1.807) is 6.92 Å². The van der Waals surface area contributed by atoms with Gasteiger partial charge in [-0.25, -0.2) is 0 Å². The normalized spacial score (nSPS) is 16.7. The number of Topliss-reactive ketones (excluding diaryl/α,β-unsaturated/α-hetero) is 1. The number of rotatable bonds is 4. The average molecular weight is 196 g/mol. The van der Waals surface area contributed by atoms with E-state index in [4.69, 9.17) is 0 Å². The number of carbonyl (C=O) groups is 1. The molecule has 13 heavy (non-hydrogen) atoms. The first-order valence-electron chi connectivity index (χ1n) is 4.86. The Kier molecular flexibility index (Phi) is 5.00. The predicted molar refractivity (Wildman–Crippen MR) is 57.8 cm³/mol. The van der Waals surface area contributed by atoms with Gasteiger partial charge in [0.2, 0.25) is 0 Å². The van der Waals surface area contributed by atoms with Crippen LogP contribution in [0.3, 0.4) is 0 Å². The lowest BCUT2D eigenvalue weighted by Crippen LogP contribution is -2.04. The molecule has 1 aliphatic carbocycles. The molecule has 1 rings (SSSR count). The van der Waals surface area contributed by atoms with E-state index in [1.807, 2.05) is 11.8 Å². The van der Waals surface area contributed by atoms with Gasteiger partial charge in [0.1, 0.15) is 0 Å². The van der Waals surface area contributed by atoms with Crippen molar-refractivity contribution in [3.63, 3.8) is 0 Å². The van der Waals surface area contributed by atoms with Gasteiger partial charge in [0, 0.05) is 5.25 Å². The summed E-state index contributed by atoms with van der Waals surface area (Å²) in [6.45, 7) is 1.78. The summed E-state index contributed by atoms with van der Waals surface area (Å²) in [5, 5.41) is 0.749. The third kappa shape index (κ3) is 4.38. The highest BCUT2D eigenvalue weighted by molar-refractivity contribution is 8.00. The Morgan fingerprint density at radius 2 is 2.15 bits per heavy atom. The fourth-order valence-electron chi connectivity index (χ4n) is 1.50. The Bertz CT molecular complexity index is 218. The monoisotopic (exact) mass is 196 g/mol. The molecule has 0 bridgehead atoms. The van der Waals surface area contributed by atoms with Crippen molar-refractivity contribution in [2.45, 2.75) is 44.3 Å². The van der Waals surface area contributed by atoms with Crippen LogP contribution in [0.4, 0.5) is 0 Å². The van der Waals surface area contributed by atoms with Gasteiger partial charge in [0.25, 0.3) is 0 Å². The molecule has 1 fully saturated rings. The Hall–Kier alpha value is -0.420. The zero-order valence-electron chi connectivity index (χ0n) is 8.14.